The zero-order valence-electron chi connectivity index (χ0n) is 13.0. The van der Waals surface area contributed by atoms with Crippen LogP contribution in [0.25, 0.3) is 10.8 Å². The second-order valence-electron chi connectivity index (χ2n) is 6.24. The number of aryl methyl sites for hydroxylation is 1. The molecular formula is C16H19N3O3S. The number of ether oxygens (including phenoxy) is 1. The van der Waals surface area contributed by atoms with Crippen LogP contribution >= 0.6 is 11.3 Å². The van der Waals surface area contributed by atoms with Gasteiger partial charge in [-0.25, -0.2) is 9.78 Å². The molecule has 0 aliphatic carbocycles. The van der Waals surface area contributed by atoms with E-state index in [0.717, 1.165) is 48.8 Å². The highest BCUT2D eigenvalue weighted by Crippen LogP contribution is 2.30. The van der Waals surface area contributed by atoms with E-state index in [9.17, 15) is 4.79 Å². The summed E-state index contributed by atoms with van der Waals surface area (Å²) in [7, 11) is 0. The minimum atomic E-state index is -0.371. The minimum absolute atomic E-state index is 0.301. The molecule has 0 aromatic carbocycles. The monoisotopic (exact) mass is 333 g/mol. The minimum Gasteiger partial charge on any atom is -0.440 e. The van der Waals surface area contributed by atoms with Crippen molar-refractivity contribution in [1.82, 2.24) is 15.2 Å². The molecule has 1 amide bonds. The number of amides is 1. The van der Waals surface area contributed by atoms with E-state index < -0.39 is 0 Å². The Morgan fingerprint density at radius 3 is 3.17 bits per heavy atom. The molecule has 0 radical (unpaired) electrons. The predicted molar refractivity (Wildman–Crippen MR) is 86.3 cm³/mol. The number of hydrogen-bond acceptors (Lipinski definition) is 6. The van der Waals surface area contributed by atoms with Gasteiger partial charge in [-0.1, -0.05) is 6.07 Å². The van der Waals surface area contributed by atoms with Gasteiger partial charge in [-0.15, -0.1) is 11.3 Å². The van der Waals surface area contributed by atoms with E-state index in [1.807, 2.05) is 24.4 Å². The highest BCUT2D eigenvalue weighted by Gasteiger charge is 2.43. The van der Waals surface area contributed by atoms with Crippen molar-refractivity contribution in [3.63, 3.8) is 0 Å². The lowest BCUT2D eigenvalue weighted by Crippen LogP contribution is -2.50. The highest BCUT2D eigenvalue weighted by molar-refractivity contribution is 7.13. The molecule has 6 nitrogen and oxygen atoms in total. The van der Waals surface area contributed by atoms with Gasteiger partial charge in [0.2, 0.25) is 5.89 Å². The second kappa shape index (κ2) is 5.65. The fourth-order valence-corrected chi connectivity index (χ4v) is 4.00. The maximum absolute atomic E-state index is 11.4. The van der Waals surface area contributed by atoms with Crippen LogP contribution in [0.4, 0.5) is 4.79 Å². The van der Waals surface area contributed by atoms with Crippen LogP contribution in [-0.2, 0) is 11.3 Å². The predicted octanol–water partition coefficient (Wildman–Crippen LogP) is 2.79. The van der Waals surface area contributed by atoms with E-state index >= 15 is 0 Å². The van der Waals surface area contributed by atoms with Gasteiger partial charge in [0.05, 0.1) is 17.1 Å². The Balaban J connectivity index is 1.49. The van der Waals surface area contributed by atoms with Gasteiger partial charge in [-0.3, -0.25) is 4.90 Å². The summed E-state index contributed by atoms with van der Waals surface area (Å²) in [6, 6.07) is 4.01. The molecule has 2 fully saturated rings. The summed E-state index contributed by atoms with van der Waals surface area (Å²) in [6.45, 7) is 5.00. The summed E-state index contributed by atoms with van der Waals surface area (Å²) in [4.78, 5) is 19.4. The summed E-state index contributed by atoms with van der Waals surface area (Å²) >= 11 is 1.62. The number of rotatable bonds is 3. The van der Waals surface area contributed by atoms with E-state index in [-0.39, 0.29) is 11.7 Å². The molecule has 2 saturated heterocycles. The lowest BCUT2D eigenvalue weighted by Gasteiger charge is -2.37. The number of thiophene rings is 1. The number of aromatic nitrogens is 1. The maximum atomic E-state index is 11.4. The quantitative estimate of drug-likeness (QED) is 0.935. The van der Waals surface area contributed by atoms with Gasteiger partial charge in [0.15, 0.2) is 0 Å². The SMILES string of the molecule is Cc1oc(-c2cccs2)nc1CN1CCC[C@@]2(CNC(=O)O2)C1. The Kier molecular flexibility index (Phi) is 3.61. The molecule has 1 N–H and O–H groups in total. The molecule has 122 valence electrons. The van der Waals surface area contributed by atoms with Crippen molar-refractivity contribution in [2.24, 2.45) is 0 Å². The van der Waals surface area contributed by atoms with Gasteiger partial charge in [0.25, 0.3) is 0 Å². The molecule has 1 atom stereocenters. The zero-order chi connectivity index (χ0) is 15.9. The number of carbonyl (C=O) groups is 1. The van der Waals surface area contributed by atoms with Crippen LogP contribution < -0.4 is 5.32 Å². The average Bonchev–Trinajstić information content (AvgIpc) is 3.23. The molecule has 7 heteroatoms. The number of hydrogen-bond donors (Lipinski definition) is 1. The van der Waals surface area contributed by atoms with E-state index in [0.29, 0.717) is 12.4 Å². The van der Waals surface area contributed by atoms with E-state index in [4.69, 9.17) is 9.15 Å². The van der Waals surface area contributed by atoms with Crippen LogP contribution in [0.15, 0.2) is 21.9 Å². The van der Waals surface area contributed by atoms with Crippen LogP contribution in [0.5, 0.6) is 0 Å². The topological polar surface area (TPSA) is 67.6 Å². The highest BCUT2D eigenvalue weighted by atomic mass is 32.1. The van der Waals surface area contributed by atoms with Crippen molar-refractivity contribution in [1.29, 1.82) is 0 Å². The Hall–Kier alpha value is -1.86. The Morgan fingerprint density at radius 2 is 2.43 bits per heavy atom. The third kappa shape index (κ3) is 2.86. The van der Waals surface area contributed by atoms with Crippen LogP contribution in [0.1, 0.15) is 24.3 Å². The number of alkyl carbamates (subject to hydrolysis) is 1. The first-order valence-corrected chi connectivity index (χ1v) is 8.71. The summed E-state index contributed by atoms with van der Waals surface area (Å²) in [5.41, 5.74) is 0.589. The number of carbonyl (C=O) groups excluding carboxylic acids is 1. The second-order valence-corrected chi connectivity index (χ2v) is 7.19. The van der Waals surface area contributed by atoms with Crippen molar-refractivity contribution in [3.05, 3.63) is 29.0 Å². The molecule has 23 heavy (non-hydrogen) atoms. The summed E-state index contributed by atoms with van der Waals surface area (Å²) < 4.78 is 11.3. The molecule has 0 bridgehead atoms. The summed E-state index contributed by atoms with van der Waals surface area (Å²) in [5.74, 6) is 1.54. The van der Waals surface area contributed by atoms with Gasteiger partial charge < -0.3 is 14.5 Å². The number of oxazole rings is 1. The van der Waals surface area contributed by atoms with E-state index in [1.54, 1.807) is 11.3 Å². The first-order chi connectivity index (χ1) is 11.1. The van der Waals surface area contributed by atoms with Gasteiger partial charge in [-0.2, -0.15) is 0 Å². The van der Waals surface area contributed by atoms with E-state index in [1.165, 1.54) is 0 Å². The molecule has 0 unspecified atom stereocenters. The first kappa shape index (κ1) is 14.7. The number of nitrogens with zero attached hydrogens (tertiary/aromatic N) is 2. The molecule has 2 aromatic rings. The number of nitrogens with one attached hydrogen (secondary N) is 1. The molecule has 2 aromatic heterocycles. The van der Waals surface area contributed by atoms with Crippen LogP contribution in [0, 0.1) is 6.92 Å². The lowest BCUT2D eigenvalue weighted by atomic mass is 9.93. The summed E-state index contributed by atoms with van der Waals surface area (Å²) in [6.07, 6.45) is 1.63. The van der Waals surface area contributed by atoms with Crippen LogP contribution in [0.3, 0.4) is 0 Å². The Bertz CT molecular complexity index is 712. The molecule has 4 rings (SSSR count). The summed E-state index contributed by atoms with van der Waals surface area (Å²) in [5, 5.41) is 4.80. The number of likely N-dealkylation sites (tertiary alicyclic amines) is 1. The average molecular weight is 333 g/mol. The van der Waals surface area contributed by atoms with Gasteiger partial charge in [-0.05, 0) is 37.8 Å². The normalized spacial score (nSPS) is 24.8. The van der Waals surface area contributed by atoms with Crippen molar-refractivity contribution in [2.75, 3.05) is 19.6 Å². The zero-order valence-corrected chi connectivity index (χ0v) is 13.8. The standard InChI is InChI=1S/C16H19N3O3S/c1-11-12(18-14(21-11)13-4-2-7-23-13)8-19-6-3-5-16(10-19)9-17-15(20)22-16/h2,4,7H,3,5-6,8-10H2,1H3,(H,17,20)/t16-/m1/s1. The van der Waals surface area contributed by atoms with Gasteiger partial charge in [0.1, 0.15) is 11.4 Å². The Labute approximate surface area is 138 Å². The maximum Gasteiger partial charge on any atom is 0.407 e. The fraction of sp³-hybridized carbons (Fsp3) is 0.500. The Morgan fingerprint density at radius 1 is 1.52 bits per heavy atom. The van der Waals surface area contributed by atoms with Crippen molar-refractivity contribution < 1.29 is 13.9 Å². The third-order valence-electron chi connectivity index (χ3n) is 4.48. The molecule has 2 aliphatic rings. The van der Waals surface area contributed by atoms with Gasteiger partial charge in [0, 0.05) is 13.1 Å². The largest absolute Gasteiger partial charge is 0.440 e. The molecule has 1 spiro atoms. The lowest BCUT2D eigenvalue weighted by molar-refractivity contribution is -0.0115. The third-order valence-corrected chi connectivity index (χ3v) is 5.34. The fourth-order valence-electron chi connectivity index (χ4n) is 3.35. The molecule has 0 saturated carbocycles. The van der Waals surface area contributed by atoms with E-state index in [2.05, 4.69) is 15.2 Å². The number of piperidine rings is 1. The van der Waals surface area contributed by atoms with Crippen LogP contribution in [0.2, 0.25) is 0 Å². The first-order valence-electron chi connectivity index (χ1n) is 7.83. The van der Waals surface area contributed by atoms with Gasteiger partial charge >= 0.3 is 6.09 Å². The molecule has 4 heterocycles. The van der Waals surface area contributed by atoms with Crippen molar-refractivity contribution in [3.8, 4) is 10.8 Å². The van der Waals surface area contributed by atoms with Crippen LogP contribution in [-0.4, -0.2) is 41.2 Å². The molecule has 2 aliphatic heterocycles. The van der Waals surface area contributed by atoms with Crippen molar-refractivity contribution >= 4 is 17.4 Å². The molecular weight excluding hydrogens is 314 g/mol. The van der Waals surface area contributed by atoms with Crippen molar-refractivity contribution in [2.45, 2.75) is 31.9 Å². The smallest absolute Gasteiger partial charge is 0.407 e.